The monoisotopic (exact) mass is 183 g/mol. The first-order valence-electron chi connectivity index (χ1n) is 5.26. The van der Waals surface area contributed by atoms with E-state index in [0.29, 0.717) is 23.8 Å². The zero-order chi connectivity index (χ0) is 10.3. The highest BCUT2D eigenvalue weighted by Crippen LogP contribution is 2.74. The van der Waals surface area contributed by atoms with Crippen molar-refractivity contribution in [1.29, 1.82) is 0 Å². The normalized spacial score (nSPS) is 43.7. The molecule has 0 spiro atoms. The highest BCUT2D eigenvalue weighted by molar-refractivity contribution is 5.18. The summed E-state index contributed by atoms with van der Waals surface area (Å²) >= 11 is 0. The molecule has 1 rings (SSSR count). The fourth-order valence-electron chi connectivity index (χ4n) is 3.74. The molecule has 0 aromatic carbocycles. The van der Waals surface area contributed by atoms with Crippen LogP contribution < -0.4 is 0 Å². The van der Waals surface area contributed by atoms with Crippen LogP contribution in [-0.2, 0) is 0 Å². The van der Waals surface area contributed by atoms with Crippen LogP contribution in [0, 0.1) is 27.6 Å². The first-order valence-corrected chi connectivity index (χ1v) is 5.26. The summed E-state index contributed by atoms with van der Waals surface area (Å²) in [6.07, 6.45) is 1.16. The van der Waals surface area contributed by atoms with E-state index in [0.717, 1.165) is 6.42 Å². The average Bonchev–Trinajstić information content (AvgIpc) is 2.51. The second kappa shape index (κ2) is 3.07. The van der Waals surface area contributed by atoms with Crippen molar-refractivity contribution < 1.29 is 0 Å². The van der Waals surface area contributed by atoms with Gasteiger partial charge in [-0.1, -0.05) is 39.8 Å². The maximum atomic E-state index is 10.4. The first-order chi connectivity index (χ1) is 5.97. The van der Waals surface area contributed by atoms with Crippen molar-refractivity contribution in [3.05, 3.63) is 4.91 Å². The van der Waals surface area contributed by atoms with Gasteiger partial charge < -0.3 is 0 Å². The van der Waals surface area contributed by atoms with E-state index < -0.39 is 0 Å². The summed E-state index contributed by atoms with van der Waals surface area (Å²) in [5.41, 5.74) is 0.526. The second-order valence-corrected chi connectivity index (χ2v) is 4.97. The van der Waals surface area contributed by atoms with E-state index in [2.05, 4.69) is 39.8 Å². The van der Waals surface area contributed by atoms with Gasteiger partial charge in [-0.05, 0) is 29.1 Å². The Bertz CT molecular complexity index is 214. The Morgan fingerprint density at radius 1 is 1.46 bits per heavy atom. The fraction of sp³-hybridized carbons (Fsp3) is 1.00. The fourth-order valence-corrected chi connectivity index (χ4v) is 3.74. The van der Waals surface area contributed by atoms with Crippen LogP contribution >= 0.6 is 0 Å². The summed E-state index contributed by atoms with van der Waals surface area (Å²) in [5, 5.41) is 3.10. The lowest BCUT2D eigenvalue weighted by molar-refractivity contribution is 0.255. The van der Waals surface area contributed by atoms with Crippen LogP contribution in [0.5, 0.6) is 0 Å². The van der Waals surface area contributed by atoms with E-state index in [1.165, 1.54) is 0 Å². The largest absolute Gasteiger partial charge is 0.151 e. The molecule has 3 atom stereocenters. The Morgan fingerprint density at radius 3 is 2.23 bits per heavy atom. The highest BCUT2D eigenvalue weighted by Gasteiger charge is 2.70. The van der Waals surface area contributed by atoms with Crippen molar-refractivity contribution in [1.82, 2.24) is 0 Å². The maximum absolute atomic E-state index is 10.4. The molecule has 0 aromatic rings. The van der Waals surface area contributed by atoms with Gasteiger partial charge in [-0.15, -0.1) is 0 Å². The molecule has 0 heterocycles. The zero-order valence-corrected chi connectivity index (χ0v) is 9.42. The van der Waals surface area contributed by atoms with E-state index in [-0.39, 0.29) is 5.41 Å². The quantitative estimate of drug-likeness (QED) is 0.614. The molecule has 0 aliphatic heterocycles. The lowest BCUT2D eigenvalue weighted by Crippen LogP contribution is -2.19. The summed E-state index contributed by atoms with van der Waals surface area (Å²) in [6.45, 7) is 11.7. The SMILES string of the molecule is CCC1(C(C)C)C(C)C1(C)CN=O. The van der Waals surface area contributed by atoms with Crippen molar-refractivity contribution in [3.63, 3.8) is 0 Å². The van der Waals surface area contributed by atoms with E-state index in [1.54, 1.807) is 0 Å². The molecule has 76 valence electrons. The molecule has 1 aliphatic rings. The molecule has 0 saturated heterocycles. The number of rotatable bonds is 4. The minimum absolute atomic E-state index is 0.164. The molecule has 0 bridgehead atoms. The molecule has 1 saturated carbocycles. The van der Waals surface area contributed by atoms with Crippen molar-refractivity contribution in [2.75, 3.05) is 6.54 Å². The van der Waals surface area contributed by atoms with Crippen LogP contribution in [-0.4, -0.2) is 6.54 Å². The molecule has 0 N–H and O–H groups in total. The predicted octanol–water partition coefficient (Wildman–Crippen LogP) is 3.46. The highest BCUT2D eigenvalue weighted by atomic mass is 16.3. The minimum atomic E-state index is 0.164. The van der Waals surface area contributed by atoms with Gasteiger partial charge in [-0.3, -0.25) is 0 Å². The average molecular weight is 183 g/mol. The Kier molecular flexibility index (Phi) is 2.52. The number of nitrogens with zero attached hydrogens (tertiary/aromatic N) is 1. The molecule has 0 radical (unpaired) electrons. The molecular formula is C11H21NO. The Hall–Kier alpha value is -0.400. The Labute approximate surface area is 81.1 Å². The minimum Gasteiger partial charge on any atom is -0.151 e. The molecule has 0 amide bonds. The van der Waals surface area contributed by atoms with Gasteiger partial charge in [0, 0.05) is 0 Å². The summed E-state index contributed by atoms with van der Waals surface area (Å²) in [4.78, 5) is 10.4. The molecule has 2 heteroatoms. The number of hydrogen-bond donors (Lipinski definition) is 0. The van der Waals surface area contributed by atoms with Crippen LogP contribution in [0.4, 0.5) is 0 Å². The standard InChI is InChI=1S/C11H21NO/c1-6-11(8(2)3)9(4)10(11,5)7-12-13/h8-9H,6-7H2,1-5H3. The van der Waals surface area contributed by atoms with Crippen LogP contribution in [0.2, 0.25) is 0 Å². The molecular weight excluding hydrogens is 162 g/mol. The molecule has 3 unspecified atom stereocenters. The van der Waals surface area contributed by atoms with Gasteiger partial charge in [0.1, 0.15) is 0 Å². The third-order valence-electron chi connectivity index (χ3n) is 4.72. The second-order valence-electron chi connectivity index (χ2n) is 4.97. The predicted molar refractivity (Wildman–Crippen MR) is 55.5 cm³/mol. The van der Waals surface area contributed by atoms with E-state index in [4.69, 9.17) is 0 Å². The van der Waals surface area contributed by atoms with E-state index >= 15 is 0 Å². The van der Waals surface area contributed by atoms with Gasteiger partial charge in [-0.2, -0.15) is 4.91 Å². The molecule has 2 nitrogen and oxygen atoms in total. The van der Waals surface area contributed by atoms with Gasteiger partial charge in [0.15, 0.2) is 0 Å². The van der Waals surface area contributed by atoms with Crippen molar-refractivity contribution in [2.45, 2.75) is 41.0 Å². The van der Waals surface area contributed by atoms with Crippen molar-refractivity contribution in [2.24, 2.45) is 27.8 Å². The lowest BCUT2D eigenvalue weighted by Gasteiger charge is -2.23. The van der Waals surface area contributed by atoms with E-state index in [9.17, 15) is 4.91 Å². The summed E-state index contributed by atoms with van der Waals surface area (Å²) < 4.78 is 0. The van der Waals surface area contributed by atoms with Gasteiger partial charge in [-0.25, -0.2) is 0 Å². The van der Waals surface area contributed by atoms with Crippen LogP contribution in [0.15, 0.2) is 5.18 Å². The topological polar surface area (TPSA) is 29.4 Å². The van der Waals surface area contributed by atoms with Crippen LogP contribution in [0.3, 0.4) is 0 Å². The maximum Gasteiger partial charge on any atom is 0.0873 e. The van der Waals surface area contributed by atoms with Gasteiger partial charge in [0.05, 0.1) is 6.54 Å². The molecule has 13 heavy (non-hydrogen) atoms. The number of hydrogen-bond acceptors (Lipinski definition) is 2. The Morgan fingerprint density at radius 2 is 2.00 bits per heavy atom. The summed E-state index contributed by atoms with van der Waals surface area (Å²) in [5.74, 6) is 1.29. The van der Waals surface area contributed by atoms with Crippen molar-refractivity contribution in [3.8, 4) is 0 Å². The van der Waals surface area contributed by atoms with Gasteiger partial charge in [0.25, 0.3) is 0 Å². The van der Waals surface area contributed by atoms with Crippen LogP contribution in [0.25, 0.3) is 0 Å². The molecule has 0 aromatic heterocycles. The third kappa shape index (κ3) is 1.07. The third-order valence-corrected chi connectivity index (χ3v) is 4.72. The van der Waals surface area contributed by atoms with Crippen molar-refractivity contribution >= 4 is 0 Å². The van der Waals surface area contributed by atoms with Gasteiger partial charge in [0.2, 0.25) is 0 Å². The summed E-state index contributed by atoms with van der Waals surface area (Å²) in [6, 6.07) is 0. The summed E-state index contributed by atoms with van der Waals surface area (Å²) in [7, 11) is 0. The smallest absolute Gasteiger partial charge is 0.0873 e. The number of nitroso groups, excluding NO2 is 1. The molecule has 1 fully saturated rings. The van der Waals surface area contributed by atoms with E-state index in [1.807, 2.05) is 0 Å². The first kappa shape index (κ1) is 10.7. The lowest BCUT2D eigenvalue weighted by atomic mass is 9.81. The van der Waals surface area contributed by atoms with Crippen LogP contribution in [0.1, 0.15) is 41.0 Å². The Balaban J connectivity index is 2.88. The van der Waals surface area contributed by atoms with Gasteiger partial charge >= 0.3 is 0 Å². The zero-order valence-electron chi connectivity index (χ0n) is 9.42. The molecule has 1 aliphatic carbocycles.